The molecule has 0 amide bonds. The molecular formula is C20H19FN2O2S. The van der Waals surface area contributed by atoms with Crippen molar-refractivity contribution in [3.05, 3.63) is 95.6 Å². The van der Waals surface area contributed by atoms with Crippen molar-refractivity contribution in [3.63, 3.8) is 0 Å². The van der Waals surface area contributed by atoms with E-state index in [4.69, 9.17) is 0 Å². The van der Waals surface area contributed by atoms with Crippen LogP contribution in [0.2, 0.25) is 0 Å². The maximum Gasteiger partial charge on any atom is 0.243 e. The Morgan fingerprint density at radius 3 is 2.35 bits per heavy atom. The van der Waals surface area contributed by atoms with Gasteiger partial charge in [-0.05, 0) is 53.9 Å². The van der Waals surface area contributed by atoms with E-state index in [1.165, 1.54) is 16.4 Å². The first-order valence-electron chi connectivity index (χ1n) is 8.16. The van der Waals surface area contributed by atoms with Gasteiger partial charge in [-0.3, -0.25) is 4.98 Å². The van der Waals surface area contributed by atoms with Crippen molar-refractivity contribution in [1.29, 1.82) is 0 Å². The molecule has 0 saturated carbocycles. The number of benzene rings is 2. The van der Waals surface area contributed by atoms with Crippen molar-refractivity contribution in [2.75, 3.05) is 0 Å². The lowest BCUT2D eigenvalue weighted by molar-refractivity contribution is 0.400. The molecule has 1 aromatic heterocycles. The van der Waals surface area contributed by atoms with Gasteiger partial charge >= 0.3 is 0 Å². The number of hydrogen-bond acceptors (Lipinski definition) is 3. The molecule has 134 valence electrons. The molecule has 26 heavy (non-hydrogen) atoms. The van der Waals surface area contributed by atoms with Crippen LogP contribution in [0.1, 0.15) is 16.7 Å². The fourth-order valence-corrected chi connectivity index (χ4v) is 4.06. The smallest absolute Gasteiger partial charge is 0.243 e. The van der Waals surface area contributed by atoms with Gasteiger partial charge in [-0.2, -0.15) is 4.31 Å². The van der Waals surface area contributed by atoms with Crippen LogP contribution in [0.25, 0.3) is 0 Å². The molecule has 0 radical (unpaired) electrons. The number of sulfonamides is 1. The van der Waals surface area contributed by atoms with Crippen molar-refractivity contribution in [3.8, 4) is 0 Å². The molecular weight excluding hydrogens is 351 g/mol. The van der Waals surface area contributed by atoms with Gasteiger partial charge in [-0.15, -0.1) is 0 Å². The van der Waals surface area contributed by atoms with Crippen molar-refractivity contribution in [2.45, 2.75) is 24.9 Å². The highest BCUT2D eigenvalue weighted by molar-refractivity contribution is 7.89. The summed E-state index contributed by atoms with van der Waals surface area (Å²) in [6.45, 7) is 2.35. The summed E-state index contributed by atoms with van der Waals surface area (Å²) in [5.41, 5.74) is 2.71. The highest BCUT2D eigenvalue weighted by atomic mass is 32.2. The molecule has 0 aliphatic rings. The molecule has 3 rings (SSSR count). The molecule has 0 bridgehead atoms. The van der Waals surface area contributed by atoms with Crippen LogP contribution in [0.5, 0.6) is 0 Å². The second-order valence-corrected chi connectivity index (χ2v) is 7.95. The number of pyridine rings is 1. The SMILES string of the molecule is Cc1ccccc1CN(Cc1cccnc1)S(=O)(=O)c1ccc(F)cc1. The maximum atomic E-state index is 13.2. The van der Waals surface area contributed by atoms with Gasteiger partial charge in [0.25, 0.3) is 0 Å². The van der Waals surface area contributed by atoms with Crippen LogP contribution in [0, 0.1) is 12.7 Å². The molecule has 0 atom stereocenters. The Morgan fingerprint density at radius 2 is 1.69 bits per heavy atom. The van der Waals surface area contributed by atoms with E-state index >= 15 is 0 Å². The average molecular weight is 370 g/mol. The van der Waals surface area contributed by atoms with Crippen LogP contribution in [0.15, 0.2) is 78.0 Å². The summed E-state index contributed by atoms with van der Waals surface area (Å²) in [4.78, 5) is 4.12. The topological polar surface area (TPSA) is 50.3 Å². The Kier molecular flexibility index (Phi) is 5.44. The zero-order valence-electron chi connectivity index (χ0n) is 14.3. The first-order chi connectivity index (χ1) is 12.5. The second-order valence-electron chi connectivity index (χ2n) is 6.01. The number of rotatable bonds is 6. The molecule has 0 spiro atoms. The fourth-order valence-electron chi connectivity index (χ4n) is 2.65. The Balaban J connectivity index is 1.99. The van der Waals surface area contributed by atoms with Gasteiger partial charge in [-0.25, -0.2) is 12.8 Å². The Morgan fingerprint density at radius 1 is 0.962 bits per heavy atom. The zero-order valence-corrected chi connectivity index (χ0v) is 15.2. The molecule has 6 heteroatoms. The van der Waals surface area contributed by atoms with Crippen LogP contribution in [0.3, 0.4) is 0 Å². The highest BCUT2D eigenvalue weighted by Crippen LogP contribution is 2.22. The highest BCUT2D eigenvalue weighted by Gasteiger charge is 2.25. The van der Waals surface area contributed by atoms with Gasteiger partial charge in [0.1, 0.15) is 5.82 Å². The normalized spacial score (nSPS) is 11.7. The van der Waals surface area contributed by atoms with Crippen LogP contribution in [-0.2, 0) is 23.1 Å². The van der Waals surface area contributed by atoms with Gasteiger partial charge in [0, 0.05) is 25.5 Å². The first kappa shape index (κ1) is 18.2. The third-order valence-electron chi connectivity index (χ3n) is 4.14. The largest absolute Gasteiger partial charge is 0.264 e. The molecule has 0 fully saturated rings. The Bertz CT molecular complexity index is 974. The van der Waals surface area contributed by atoms with Crippen molar-refractivity contribution in [1.82, 2.24) is 9.29 Å². The molecule has 2 aromatic carbocycles. The summed E-state index contributed by atoms with van der Waals surface area (Å²) in [5, 5.41) is 0. The lowest BCUT2D eigenvalue weighted by Gasteiger charge is -2.23. The van der Waals surface area contributed by atoms with Gasteiger partial charge in [0.2, 0.25) is 10.0 Å². The lowest BCUT2D eigenvalue weighted by Crippen LogP contribution is -2.30. The predicted octanol–water partition coefficient (Wildman–Crippen LogP) is 3.92. The fraction of sp³-hybridized carbons (Fsp3) is 0.150. The third-order valence-corrected chi connectivity index (χ3v) is 5.95. The standard InChI is InChI=1S/C20H19FN2O2S/c1-16-5-2-3-7-18(16)15-23(14-17-6-4-12-22-13-17)26(24,25)20-10-8-19(21)9-11-20/h2-13H,14-15H2,1H3. The van der Waals surface area contributed by atoms with Gasteiger partial charge < -0.3 is 0 Å². The van der Waals surface area contributed by atoms with E-state index < -0.39 is 15.8 Å². The van der Waals surface area contributed by atoms with Crippen LogP contribution in [-0.4, -0.2) is 17.7 Å². The zero-order chi connectivity index (χ0) is 18.6. The van der Waals surface area contributed by atoms with Gasteiger partial charge in [0.15, 0.2) is 0 Å². The monoisotopic (exact) mass is 370 g/mol. The first-order valence-corrected chi connectivity index (χ1v) is 9.60. The van der Waals surface area contributed by atoms with Crippen LogP contribution < -0.4 is 0 Å². The third kappa shape index (κ3) is 4.15. The number of hydrogen-bond donors (Lipinski definition) is 0. The maximum absolute atomic E-state index is 13.2. The Hall–Kier alpha value is -2.57. The minimum Gasteiger partial charge on any atom is -0.264 e. The number of aromatic nitrogens is 1. The molecule has 0 N–H and O–H groups in total. The van der Waals surface area contributed by atoms with E-state index in [1.807, 2.05) is 37.3 Å². The average Bonchev–Trinajstić information content (AvgIpc) is 2.64. The minimum absolute atomic E-state index is 0.0661. The van der Waals surface area contributed by atoms with Crippen molar-refractivity contribution >= 4 is 10.0 Å². The summed E-state index contributed by atoms with van der Waals surface area (Å²) < 4.78 is 40.9. The molecule has 0 unspecified atom stereocenters. The minimum atomic E-state index is -3.79. The number of nitrogens with zero attached hydrogens (tertiary/aromatic N) is 2. The van der Waals surface area contributed by atoms with Crippen molar-refractivity contribution < 1.29 is 12.8 Å². The molecule has 0 aliphatic carbocycles. The summed E-state index contributed by atoms with van der Waals surface area (Å²) in [6, 6.07) is 16.1. The quantitative estimate of drug-likeness (QED) is 0.661. The van der Waals surface area contributed by atoms with Crippen LogP contribution in [0.4, 0.5) is 4.39 Å². The van der Waals surface area contributed by atoms with E-state index in [2.05, 4.69) is 4.98 Å². The van der Waals surface area contributed by atoms with Gasteiger partial charge in [-0.1, -0.05) is 30.3 Å². The van der Waals surface area contributed by atoms with E-state index in [9.17, 15) is 12.8 Å². The van der Waals surface area contributed by atoms with Crippen LogP contribution >= 0.6 is 0 Å². The molecule has 0 saturated heterocycles. The molecule has 0 aliphatic heterocycles. The number of aryl methyl sites for hydroxylation is 1. The molecule has 4 nitrogen and oxygen atoms in total. The predicted molar refractivity (Wildman–Crippen MR) is 98.2 cm³/mol. The van der Waals surface area contributed by atoms with E-state index in [1.54, 1.807) is 18.5 Å². The van der Waals surface area contributed by atoms with E-state index in [-0.39, 0.29) is 18.0 Å². The number of halogens is 1. The van der Waals surface area contributed by atoms with Crippen molar-refractivity contribution in [2.24, 2.45) is 0 Å². The second kappa shape index (κ2) is 7.76. The van der Waals surface area contributed by atoms with E-state index in [0.717, 1.165) is 28.8 Å². The lowest BCUT2D eigenvalue weighted by atomic mass is 10.1. The van der Waals surface area contributed by atoms with E-state index in [0.29, 0.717) is 0 Å². The summed E-state index contributed by atoms with van der Waals surface area (Å²) in [7, 11) is -3.79. The summed E-state index contributed by atoms with van der Waals surface area (Å²) in [5.74, 6) is -0.471. The summed E-state index contributed by atoms with van der Waals surface area (Å²) in [6.07, 6.45) is 3.29. The Labute approximate surface area is 153 Å². The molecule has 3 aromatic rings. The molecule has 1 heterocycles. The summed E-state index contributed by atoms with van der Waals surface area (Å²) >= 11 is 0. The van der Waals surface area contributed by atoms with Gasteiger partial charge in [0.05, 0.1) is 4.90 Å².